The first-order valence-corrected chi connectivity index (χ1v) is 17.0. The van der Waals surface area contributed by atoms with Gasteiger partial charge in [-0.3, -0.25) is 4.79 Å². The summed E-state index contributed by atoms with van der Waals surface area (Å²) in [5.41, 5.74) is -7.56. The Bertz CT molecular complexity index is 1500. The van der Waals surface area contributed by atoms with Crippen molar-refractivity contribution in [3.05, 3.63) is 62.7 Å². The minimum absolute atomic E-state index is 0.0338. The Morgan fingerprint density at radius 2 is 1.47 bits per heavy atom. The lowest BCUT2D eigenvalue weighted by Gasteiger charge is -2.44. The molecule has 0 spiro atoms. The van der Waals surface area contributed by atoms with Crippen molar-refractivity contribution in [3.63, 3.8) is 0 Å². The first-order valence-electron chi connectivity index (χ1n) is 13.4. The highest BCUT2D eigenvalue weighted by Gasteiger charge is 2.74. The Balaban J connectivity index is 1.64. The Morgan fingerprint density at radius 1 is 0.884 bits per heavy atom. The quantitative estimate of drug-likeness (QED) is 0.178. The van der Waals surface area contributed by atoms with Crippen LogP contribution in [-0.4, -0.2) is 47.8 Å². The van der Waals surface area contributed by atoms with Gasteiger partial charge >= 0.3 is 18.0 Å². The molecule has 0 N–H and O–H groups in total. The fourth-order valence-electron chi connectivity index (χ4n) is 6.84. The zero-order chi connectivity index (χ0) is 31.8. The van der Waals surface area contributed by atoms with Crippen LogP contribution in [0.3, 0.4) is 0 Å². The molecular formula is C28H25F8I2NO3S. The van der Waals surface area contributed by atoms with Gasteiger partial charge in [0.05, 0.1) is 10.9 Å². The van der Waals surface area contributed by atoms with Crippen molar-refractivity contribution >= 4 is 60.9 Å². The van der Waals surface area contributed by atoms with Crippen molar-refractivity contribution < 1.29 is 48.3 Å². The van der Waals surface area contributed by atoms with Crippen molar-refractivity contribution in [1.82, 2.24) is 4.90 Å². The van der Waals surface area contributed by atoms with Gasteiger partial charge in [0, 0.05) is 21.6 Å². The number of fused-ring (bicyclic) bond motifs is 3. The predicted molar refractivity (Wildman–Crippen MR) is 158 cm³/mol. The van der Waals surface area contributed by atoms with E-state index in [-0.39, 0.29) is 73.4 Å². The number of amides is 1. The molecule has 5 rings (SSSR count). The summed E-state index contributed by atoms with van der Waals surface area (Å²) in [6.45, 7) is -0.0338. The van der Waals surface area contributed by atoms with Crippen LogP contribution in [0.15, 0.2) is 47.4 Å². The molecule has 0 unspecified atom stereocenters. The summed E-state index contributed by atoms with van der Waals surface area (Å²) in [7, 11) is -4.41. The van der Waals surface area contributed by atoms with Gasteiger partial charge < -0.3 is 4.90 Å². The van der Waals surface area contributed by atoms with Crippen molar-refractivity contribution in [2.45, 2.75) is 82.3 Å². The molecule has 1 aliphatic heterocycles. The number of carbonyl (C=O) groups excluding carboxylic acids is 1. The standard InChI is InChI=1S/C28H25F8I2NO3S/c29-24(38)11-9-16(10-12-24)23(40)39-14-13-25(43(41,42)20-5-3-19(37)4-6-20)21-7-2-18(15-17(21)1-8-22(25)39)26(30,27(31,32)33)28(34,35)36/h2-7,15-16,22H,1,8-14H2/t16?,22-,24?,25-/m1/s1. The Morgan fingerprint density at radius 3 is 2.02 bits per heavy atom. The fraction of sp³-hybridized carbons (Fsp3) is 0.536. The highest BCUT2D eigenvalue weighted by molar-refractivity contribution is 14.1. The van der Waals surface area contributed by atoms with E-state index in [2.05, 4.69) is 0 Å². The average molecular weight is 861 g/mol. The number of nitrogens with zero attached hydrogens (tertiary/aromatic N) is 1. The lowest BCUT2D eigenvalue weighted by molar-refractivity contribution is -0.348. The Kier molecular flexibility index (Phi) is 8.43. The van der Waals surface area contributed by atoms with Gasteiger partial charge in [-0.25, -0.2) is 17.2 Å². The van der Waals surface area contributed by atoms with E-state index in [1.807, 2.05) is 22.6 Å². The molecule has 1 saturated heterocycles. The van der Waals surface area contributed by atoms with E-state index < -0.39 is 53.8 Å². The zero-order valence-corrected chi connectivity index (χ0v) is 27.3. The number of aryl methyl sites for hydroxylation is 1. The van der Waals surface area contributed by atoms with E-state index in [1.54, 1.807) is 34.7 Å². The molecule has 2 aromatic rings. The molecule has 1 amide bonds. The summed E-state index contributed by atoms with van der Waals surface area (Å²) in [5, 5.41) is 0. The highest BCUT2D eigenvalue weighted by Crippen LogP contribution is 2.57. The third-order valence-electron chi connectivity index (χ3n) is 9.02. The van der Waals surface area contributed by atoms with Gasteiger partial charge in [0.2, 0.25) is 5.91 Å². The van der Waals surface area contributed by atoms with Gasteiger partial charge in [0.25, 0.3) is 0 Å². The van der Waals surface area contributed by atoms with Crippen LogP contribution in [0.2, 0.25) is 0 Å². The number of sulfone groups is 1. The molecule has 1 saturated carbocycles. The lowest BCUT2D eigenvalue weighted by atomic mass is 9.76. The average Bonchev–Trinajstić information content (AvgIpc) is 3.32. The molecule has 0 bridgehead atoms. The number of alkyl halides is 9. The number of benzene rings is 2. The maximum atomic E-state index is 15.0. The number of halogens is 10. The molecule has 43 heavy (non-hydrogen) atoms. The summed E-state index contributed by atoms with van der Waals surface area (Å²) in [6, 6.07) is 6.47. The van der Waals surface area contributed by atoms with Crippen molar-refractivity contribution in [2.24, 2.45) is 5.92 Å². The molecule has 2 atom stereocenters. The van der Waals surface area contributed by atoms with Crippen LogP contribution in [0.4, 0.5) is 35.1 Å². The molecular weight excluding hydrogens is 836 g/mol. The SMILES string of the molecule is O=C(C1CCC(F)(I)CC1)N1CC[C@@]2(S(=O)(=O)c3ccc(I)cc3)c3ccc(C(F)(C(F)(F)F)C(F)(F)F)cc3CC[C@@H]12. The topological polar surface area (TPSA) is 54.5 Å². The van der Waals surface area contributed by atoms with E-state index in [0.29, 0.717) is 12.1 Å². The monoisotopic (exact) mass is 861 g/mol. The van der Waals surface area contributed by atoms with Crippen LogP contribution in [0.25, 0.3) is 0 Å². The van der Waals surface area contributed by atoms with Crippen LogP contribution < -0.4 is 0 Å². The molecule has 15 heteroatoms. The molecule has 4 nitrogen and oxygen atoms in total. The molecule has 3 aliphatic rings. The van der Waals surface area contributed by atoms with Crippen LogP contribution in [0.5, 0.6) is 0 Å². The second-order valence-electron chi connectivity index (χ2n) is 11.3. The van der Waals surface area contributed by atoms with E-state index in [4.69, 9.17) is 0 Å². The van der Waals surface area contributed by atoms with Gasteiger partial charge in [0.15, 0.2) is 13.5 Å². The van der Waals surface area contributed by atoms with Crippen molar-refractivity contribution in [3.8, 4) is 0 Å². The van der Waals surface area contributed by atoms with Crippen molar-refractivity contribution in [2.75, 3.05) is 6.54 Å². The van der Waals surface area contributed by atoms with Gasteiger partial charge in [-0.2, -0.15) is 26.3 Å². The summed E-state index contributed by atoms with van der Waals surface area (Å²) in [4.78, 5) is 15.1. The second-order valence-corrected chi connectivity index (χ2v) is 16.7. The smallest absolute Gasteiger partial charge is 0.337 e. The first-order chi connectivity index (χ1) is 19.8. The minimum Gasteiger partial charge on any atom is -0.337 e. The number of hydrogen-bond acceptors (Lipinski definition) is 3. The van der Waals surface area contributed by atoms with Gasteiger partial charge in [-0.15, -0.1) is 0 Å². The number of hydrogen-bond donors (Lipinski definition) is 0. The van der Waals surface area contributed by atoms with Crippen LogP contribution >= 0.6 is 45.2 Å². The molecule has 2 aromatic carbocycles. The van der Waals surface area contributed by atoms with E-state index in [0.717, 1.165) is 9.64 Å². The second kappa shape index (κ2) is 10.9. The molecule has 1 heterocycles. The predicted octanol–water partition coefficient (Wildman–Crippen LogP) is 8.09. The summed E-state index contributed by atoms with van der Waals surface area (Å²) < 4.78 is 137. The van der Waals surface area contributed by atoms with Crippen LogP contribution in [-0.2, 0) is 31.5 Å². The Hall–Kier alpha value is -1.24. The Labute approximate surface area is 270 Å². The zero-order valence-electron chi connectivity index (χ0n) is 22.2. The summed E-state index contributed by atoms with van der Waals surface area (Å²) in [6.07, 6.45) is -12.3. The number of carbonyl (C=O) groups is 1. The third-order valence-corrected chi connectivity index (χ3v) is 13.4. The normalized spacial score (nSPS) is 28.4. The number of likely N-dealkylation sites (tertiary alicyclic amines) is 1. The minimum atomic E-state index is -6.33. The molecule has 0 aromatic heterocycles. The molecule has 236 valence electrons. The third kappa shape index (κ3) is 5.27. The largest absolute Gasteiger partial charge is 0.435 e. The lowest BCUT2D eigenvalue weighted by Crippen LogP contribution is -2.54. The summed E-state index contributed by atoms with van der Waals surface area (Å²) in [5.74, 6) is -0.904. The molecule has 0 radical (unpaired) electrons. The molecule has 2 aliphatic carbocycles. The van der Waals surface area contributed by atoms with Crippen molar-refractivity contribution in [1.29, 1.82) is 0 Å². The van der Waals surface area contributed by atoms with Crippen LogP contribution in [0, 0.1) is 9.49 Å². The van der Waals surface area contributed by atoms with Gasteiger partial charge in [0.1, 0.15) is 4.75 Å². The maximum absolute atomic E-state index is 15.0. The fourth-order valence-corrected chi connectivity index (χ4v) is 10.2. The van der Waals surface area contributed by atoms with Crippen LogP contribution in [0.1, 0.15) is 55.2 Å². The van der Waals surface area contributed by atoms with E-state index in [9.17, 15) is 48.3 Å². The number of rotatable bonds is 4. The van der Waals surface area contributed by atoms with E-state index in [1.165, 1.54) is 17.0 Å². The molecule has 2 fully saturated rings. The summed E-state index contributed by atoms with van der Waals surface area (Å²) >= 11 is 3.68. The first kappa shape index (κ1) is 33.1. The maximum Gasteiger partial charge on any atom is 0.435 e. The van der Waals surface area contributed by atoms with E-state index >= 15 is 0 Å². The van der Waals surface area contributed by atoms with Gasteiger partial charge in [-0.1, -0.05) is 18.2 Å². The highest BCUT2D eigenvalue weighted by atomic mass is 127. The van der Waals surface area contributed by atoms with Gasteiger partial charge in [-0.05, 0) is 126 Å².